The van der Waals surface area contributed by atoms with Crippen molar-refractivity contribution in [2.45, 2.75) is 64.1 Å². The number of nitrogens with one attached hydrogen (secondary N) is 2. The van der Waals surface area contributed by atoms with Crippen molar-refractivity contribution >= 4 is 18.0 Å². The minimum atomic E-state index is -2.78. The number of pyridine rings is 1. The van der Waals surface area contributed by atoms with Crippen LogP contribution in [0.15, 0.2) is 47.5 Å². The van der Waals surface area contributed by atoms with Crippen LogP contribution in [-0.2, 0) is 11.3 Å². The summed E-state index contributed by atoms with van der Waals surface area (Å²) >= 11 is 0. The highest BCUT2D eigenvalue weighted by Gasteiger charge is 2.40. The molecule has 0 radical (unpaired) electrons. The maximum absolute atomic E-state index is 13.8. The van der Waals surface area contributed by atoms with E-state index in [0.717, 1.165) is 5.56 Å². The van der Waals surface area contributed by atoms with Crippen molar-refractivity contribution < 1.29 is 23.1 Å². The molecule has 37 heavy (non-hydrogen) atoms. The summed E-state index contributed by atoms with van der Waals surface area (Å²) in [6.45, 7) is 3.97. The molecular formula is C25H33F2N7O3. The van der Waals surface area contributed by atoms with E-state index >= 15 is 0 Å². The molecule has 0 saturated heterocycles. The van der Waals surface area contributed by atoms with Crippen LogP contribution < -0.4 is 21.1 Å². The third-order valence-electron chi connectivity index (χ3n) is 6.18. The molecule has 12 heteroatoms. The number of hydrogen-bond donors (Lipinski definition) is 3. The molecule has 0 aliphatic heterocycles. The van der Waals surface area contributed by atoms with E-state index in [2.05, 4.69) is 25.7 Å². The Morgan fingerprint density at radius 3 is 2.68 bits per heavy atom. The van der Waals surface area contributed by atoms with Gasteiger partial charge in [-0.3, -0.25) is 19.3 Å². The number of nitrogens with zero attached hydrogens (tertiary/aromatic N) is 4. The van der Waals surface area contributed by atoms with Gasteiger partial charge in [-0.2, -0.15) is 5.10 Å². The van der Waals surface area contributed by atoms with Gasteiger partial charge in [0.2, 0.25) is 17.7 Å². The van der Waals surface area contributed by atoms with Crippen LogP contribution in [0.2, 0.25) is 0 Å². The van der Waals surface area contributed by atoms with Gasteiger partial charge in [-0.25, -0.2) is 13.8 Å². The molecule has 2 heterocycles. The third-order valence-corrected chi connectivity index (χ3v) is 6.18. The van der Waals surface area contributed by atoms with E-state index in [9.17, 15) is 18.4 Å². The molecule has 2 aromatic heterocycles. The van der Waals surface area contributed by atoms with E-state index in [1.807, 2.05) is 13.8 Å². The fourth-order valence-corrected chi connectivity index (χ4v) is 4.22. The van der Waals surface area contributed by atoms with Crippen molar-refractivity contribution in [2.75, 3.05) is 7.11 Å². The molecule has 1 aliphatic carbocycles. The van der Waals surface area contributed by atoms with Crippen molar-refractivity contribution in [3.05, 3.63) is 53.7 Å². The van der Waals surface area contributed by atoms with Crippen LogP contribution in [0.25, 0.3) is 0 Å². The highest BCUT2D eigenvalue weighted by atomic mass is 19.3. The molecule has 1 atom stereocenters. The Kier molecular flexibility index (Phi) is 9.31. The number of allylic oxidation sites excluding steroid dienone is 1. The van der Waals surface area contributed by atoms with Gasteiger partial charge in [-0.1, -0.05) is 6.07 Å². The fraction of sp³-hybridized carbons (Fsp3) is 0.480. The second-order valence-electron chi connectivity index (χ2n) is 9.15. The molecule has 3 rings (SSSR count). The summed E-state index contributed by atoms with van der Waals surface area (Å²) in [5.74, 6) is -3.91. The summed E-state index contributed by atoms with van der Waals surface area (Å²) in [5.41, 5.74) is 6.90. The molecule has 0 aromatic carbocycles. The minimum Gasteiger partial charge on any atom is -0.481 e. The van der Waals surface area contributed by atoms with Gasteiger partial charge in [0.25, 0.3) is 5.91 Å². The quantitative estimate of drug-likeness (QED) is 0.415. The largest absolute Gasteiger partial charge is 0.481 e. The van der Waals surface area contributed by atoms with Crippen molar-refractivity contribution in [3.63, 3.8) is 0 Å². The van der Waals surface area contributed by atoms with Crippen LogP contribution in [0.5, 0.6) is 5.88 Å². The number of methoxy groups -OCH3 is 1. The average Bonchev–Trinajstić information content (AvgIpc) is 3.38. The van der Waals surface area contributed by atoms with Crippen LogP contribution in [0.4, 0.5) is 8.78 Å². The lowest BCUT2D eigenvalue weighted by atomic mass is 9.81. The number of nitrogens with two attached hydrogens (primary N) is 1. The smallest absolute Gasteiger partial charge is 0.270 e. The van der Waals surface area contributed by atoms with Crippen molar-refractivity contribution in [2.24, 2.45) is 16.6 Å². The molecule has 1 aliphatic rings. The van der Waals surface area contributed by atoms with Crippen LogP contribution in [-0.4, -0.2) is 51.9 Å². The Morgan fingerprint density at radius 2 is 2.03 bits per heavy atom. The first kappa shape index (κ1) is 27.8. The summed E-state index contributed by atoms with van der Waals surface area (Å²) in [4.78, 5) is 34.8. The van der Waals surface area contributed by atoms with E-state index in [1.54, 1.807) is 24.4 Å². The van der Waals surface area contributed by atoms with Gasteiger partial charge in [0.1, 0.15) is 11.7 Å². The highest BCUT2D eigenvalue weighted by molar-refractivity contribution is 5.98. The zero-order chi connectivity index (χ0) is 27.0. The zero-order valence-corrected chi connectivity index (χ0v) is 21.2. The Bertz CT molecular complexity index is 1140. The minimum absolute atomic E-state index is 0.0853. The summed E-state index contributed by atoms with van der Waals surface area (Å²) in [7, 11) is 1.50. The van der Waals surface area contributed by atoms with Crippen molar-refractivity contribution in [1.29, 1.82) is 0 Å². The zero-order valence-electron chi connectivity index (χ0n) is 21.2. The molecule has 1 unspecified atom stereocenters. The van der Waals surface area contributed by atoms with Gasteiger partial charge in [-0.15, -0.1) is 0 Å². The van der Waals surface area contributed by atoms with E-state index < -0.39 is 29.7 Å². The number of alkyl halides is 2. The molecule has 4 N–H and O–H groups in total. The molecular weight excluding hydrogens is 484 g/mol. The SMILES string of the molecule is COc1ncccc1CN=CC(=CN)NC(=O)C(NC(=O)c1ccnn1C(C)C)C1CCC(F)(F)CC1. The molecule has 1 fully saturated rings. The summed E-state index contributed by atoms with van der Waals surface area (Å²) in [5, 5.41) is 9.56. The highest BCUT2D eigenvalue weighted by Crippen LogP contribution is 2.37. The van der Waals surface area contributed by atoms with E-state index in [0.29, 0.717) is 5.88 Å². The van der Waals surface area contributed by atoms with Crippen molar-refractivity contribution in [1.82, 2.24) is 25.4 Å². The molecule has 0 spiro atoms. The number of ether oxygens (including phenoxy) is 1. The molecule has 200 valence electrons. The number of amides is 2. The van der Waals surface area contributed by atoms with E-state index in [-0.39, 0.29) is 49.7 Å². The second-order valence-corrected chi connectivity index (χ2v) is 9.15. The number of carbonyl (C=O) groups excluding carboxylic acids is 2. The molecule has 10 nitrogen and oxygen atoms in total. The predicted octanol–water partition coefficient (Wildman–Crippen LogP) is 2.98. The standard InChI is InChI=1S/C25H33F2N7O3/c1-16(2)34-20(8-12-31-34)22(35)33-21(17-6-9-25(26,27)10-7-17)23(36)32-19(13-28)15-29-14-18-5-4-11-30-24(18)37-3/h4-5,8,11-13,15-17,21H,6-7,9-10,14,28H2,1-3H3,(H,32,36)(H,33,35). The van der Waals surface area contributed by atoms with Crippen LogP contribution >= 0.6 is 0 Å². The first-order valence-corrected chi connectivity index (χ1v) is 12.1. The Hall–Kier alpha value is -3.83. The normalized spacial score (nSPS) is 17.1. The summed E-state index contributed by atoms with van der Waals surface area (Å²) in [6, 6.07) is 3.96. The number of aliphatic imine (C=N–C) groups is 1. The Balaban J connectivity index is 1.74. The van der Waals surface area contributed by atoms with Gasteiger partial charge < -0.3 is 21.1 Å². The topological polar surface area (TPSA) is 137 Å². The first-order chi connectivity index (χ1) is 17.6. The lowest BCUT2D eigenvalue weighted by molar-refractivity contribution is -0.125. The molecule has 1 saturated carbocycles. The fourth-order valence-electron chi connectivity index (χ4n) is 4.22. The van der Waals surface area contributed by atoms with E-state index in [1.165, 1.54) is 30.4 Å². The van der Waals surface area contributed by atoms with Gasteiger partial charge >= 0.3 is 0 Å². The number of carbonyl (C=O) groups is 2. The lowest BCUT2D eigenvalue weighted by Crippen LogP contribution is -2.52. The number of aromatic nitrogens is 3. The maximum atomic E-state index is 13.8. The Morgan fingerprint density at radius 1 is 1.30 bits per heavy atom. The molecule has 0 bridgehead atoms. The van der Waals surface area contributed by atoms with Gasteiger partial charge in [-0.05, 0) is 44.7 Å². The Labute approximate surface area is 214 Å². The van der Waals surface area contributed by atoms with Crippen LogP contribution in [0, 0.1) is 5.92 Å². The van der Waals surface area contributed by atoms with E-state index in [4.69, 9.17) is 10.5 Å². The number of rotatable bonds is 10. The second kappa shape index (κ2) is 12.4. The van der Waals surface area contributed by atoms with Crippen LogP contribution in [0.1, 0.15) is 61.6 Å². The molecule has 2 aromatic rings. The van der Waals surface area contributed by atoms with Gasteiger partial charge in [0.05, 0.1) is 19.4 Å². The summed E-state index contributed by atoms with van der Waals surface area (Å²) in [6.07, 6.45) is 5.12. The number of hydrogen-bond acceptors (Lipinski definition) is 7. The van der Waals surface area contributed by atoms with Crippen molar-refractivity contribution in [3.8, 4) is 5.88 Å². The number of halogens is 2. The lowest BCUT2D eigenvalue weighted by Gasteiger charge is -2.33. The maximum Gasteiger partial charge on any atom is 0.270 e. The van der Waals surface area contributed by atoms with Crippen LogP contribution in [0.3, 0.4) is 0 Å². The summed E-state index contributed by atoms with van der Waals surface area (Å²) < 4.78 is 34.4. The van der Waals surface area contributed by atoms with Gasteiger partial charge in [0.15, 0.2) is 0 Å². The monoisotopic (exact) mass is 517 g/mol. The van der Waals surface area contributed by atoms with Gasteiger partial charge in [0, 0.05) is 49.3 Å². The predicted molar refractivity (Wildman–Crippen MR) is 134 cm³/mol. The average molecular weight is 518 g/mol. The first-order valence-electron chi connectivity index (χ1n) is 12.1. The molecule has 2 amide bonds. The third kappa shape index (κ3) is 7.34.